The third kappa shape index (κ3) is 3.39. The van der Waals surface area contributed by atoms with Crippen LogP contribution in [0.1, 0.15) is 19.3 Å². The lowest BCUT2D eigenvalue weighted by Crippen LogP contribution is -2.38. The number of rotatable bonds is 3. The van der Waals surface area contributed by atoms with Crippen LogP contribution in [0.4, 0.5) is 10.3 Å². The van der Waals surface area contributed by atoms with Crippen LogP contribution in [-0.4, -0.2) is 38.1 Å². The van der Waals surface area contributed by atoms with Crippen molar-refractivity contribution in [3.8, 4) is 11.4 Å². The summed E-state index contributed by atoms with van der Waals surface area (Å²) in [6, 6.07) is 11.4. The van der Waals surface area contributed by atoms with Crippen LogP contribution in [0.3, 0.4) is 0 Å². The number of aromatic nitrogens is 4. The third-order valence-corrected chi connectivity index (χ3v) is 5.83. The molecule has 152 valence electrons. The van der Waals surface area contributed by atoms with E-state index in [9.17, 15) is 9.18 Å². The lowest BCUT2D eigenvalue weighted by Gasteiger charge is -2.17. The maximum atomic E-state index is 13.8. The molecule has 2 aromatic carbocycles. The zero-order valence-corrected chi connectivity index (χ0v) is 17.5. The van der Waals surface area contributed by atoms with E-state index in [0.29, 0.717) is 41.5 Å². The predicted octanol–water partition coefficient (Wildman–Crippen LogP) is 3.93. The number of benzene rings is 2. The van der Waals surface area contributed by atoms with Gasteiger partial charge >= 0.3 is 0 Å². The van der Waals surface area contributed by atoms with Gasteiger partial charge in [0.1, 0.15) is 11.9 Å². The Kier molecular flexibility index (Phi) is 4.82. The highest BCUT2D eigenvalue weighted by atomic mass is 79.9. The first-order chi connectivity index (χ1) is 14.6. The normalized spacial score (nSPS) is 17.1. The Bertz CT molecular complexity index is 1270. The largest absolute Gasteiger partial charge is 0.354 e. The summed E-state index contributed by atoms with van der Waals surface area (Å²) >= 11 is 3.57. The zero-order valence-electron chi connectivity index (χ0n) is 15.9. The first kappa shape index (κ1) is 18.9. The van der Waals surface area contributed by atoms with Gasteiger partial charge in [-0.05, 0) is 59.5 Å². The fourth-order valence-corrected chi connectivity index (χ4v) is 4.22. The van der Waals surface area contributed by atoms with Crippen LogP contribution in [0.2, 0.25) is 0 Å². The highest BCUT2D eigenvalue weighted by Gasteiger charge is 2.24. The van der Waals surface area contributed by atoms with Crippen LogP contribution in [0.15, 0.2) is 46.9 Å². The molecule has 0 unspecified atom stereocenters. The van der Waals surface area contributed by atoms with Gasteiger partial charge in [0.25, 0.3) is 0 Å². The molecule has 0 radical (unpaired) electrons. The van der Waals surface area contributed by atoms with E-state index < -0.39 is 6.04 Å². The summed E-state index contributed by atoms with van der Waals surface area (Å²) in [7, 11) is 0. The standard InChI is InChI=1S/C21H18BrFN6O/c22-14-7-4-9-15-17(14)19-27-18(12-5-3-6-13(23)11-12)28-29(19)21(25-15)26-16-8-1-2-10-24-20(16)30/h3-7,9,11,16H,1-2,8,10H2,(H,24,30)(H,25,26)/t16-/m1/s1. The first-order valence-electron chi connectivity index (χ1n) is 9.75. The van der Waals surface area contributed by atoms with Crippen molar-refractivity contribution >= 4 is 44.3 Å². The third-order valence-electron chi connectivity index (χ3n) is 5.17. The van der Waals surface area contributed by atoms with E-state index in [1.807, 2.05) is 18.2 Å². The lowest BCUT2D eigenvalue weighted by molar-refractivity contribution is -0.121. The van der Waals surface area contributed by atoms with Gasteiger partial charge in [-0.2, -0.15) is 4.52 Å². The van der Waals surface area contributed by atoms with Gasteiger partial charge in [-0.15, -0.1) is 5.10 Å². The quantitative estimate of drug-likeness (QED) is 0.475. The molecule has 30 heavy (non-hydrogen) atoms. The molecule has 3 heterocycles. The Hall–Kier alpha value is -3.07. The van der Waals surface area contributed by atoms with Crippen molar-refractivity contribution in [3.05, 3.63) is 52.8 Å². The van der Waals surface area contributed by atoms with Crippen molar-refractivity contribution < 1.29 is 9.18 Å². The van der Waals surface area contributed by atoms with Crippen LogP contribution in [-0.2, 0) is 4.79 Å². The average molecular weight is 469 g/mol. The molecule has 1 aliphatic rings. The molecule has 9 heteroatoms. The molecule has 7 nitrogen and oxygen atoms in total. The van der Waals surface area contributed by atoms with Crippen LogP contribution in [0.25, 0.3) is 27.9 Å². The molecule has 1 amide bonds. The fraction of sp³-hybridized carbons (Fsp3) is 0.238. The Labute approximate surface area is 179 Å². The number of halogens is 2. The summed E-state index contributed by atoms with van der Waals surface area (Å²) in [4.78, 5) is 21.8. The van der Waals surface area contributed by atoms with Crippen LogP contribution in [0, 0.1) is 5.82 Å². The van der Waals surface area contributed by atoms with E-state index in [1.54, 1.807) is 16.6 Å². The molecule has 1 saturated heterocycles. The topological polar surface area (TPSA) is 84.2 Å². The van der Waals surface area contributed by atoms with E-state index in [2.05, 4.69) is 36.6 Å². The molecule has 4 aromatic rings. The molecule has 5 rings (SSSR count). The minimum Gasteiger partial charge on any atom is -0.354 e. The van der Waals surface area contributed by atoms with Gasteiger partial charge in [-0.3, -0.25) is 4.79 Å². The summed E-state index contributed by atoms with van der Waals surface area (Å²) in [5, 5.41) is 11.6. The van der Waals surface area contributed by atoms with Gasteiger partial charge in [0.15, 0.2) is 11.5 Å². The molecule has 1 aliphatic heterocycles. The number of amides is 1. The van der Waals surface area contributed by atoms with Crippen LogP contribution < -0.4 is 10.6 Å². The van der Waals surface area contributed by atoms with Gasteiger partial charge in [-0.1, -0.05) is 18.2 Å². The minimum atomic E-state index is -0.408. The highest BCUT2D eigenvalue weighted by Crippen LogP contribution is 2.30. The van der Waals surface area contributed by atoms with Crippen molar-refractivity contribution in [1.82, 2.24) is 24.9 Å². The van der Waals surface area contributed by atoms with E-state index >= 15 is 0 Å². The van der Waals surface area contributed by atoms with E-state index in [0.717, 1.165) is 22.7 Å². The molecule has 1 fully saturated rings. The first-order valence-corrected chi connectivity index (χ1v) is 10.5. The number of hydrogen-bond acceptors (Lipinski definition) is 5. The number of nitrogens with one attached hydrogen (secondary N) is 2. The number of carbonyl (C=O) groups excluding carboxylic acids is 1. The van der Waals surface area contributed by atoms with Crippen molar-refractivity contribution in [1.29, 1.82) is 0 Å². The monoisotopic (exact) mass is 468 g/mol. The number of hydrogen-bond donors (Lipinski definition) is 2. The predicted molar refractivity (Wildman–Crippen MR) is 116 cm³/mol. The molecular weight excluding hydrogens is 451 g/mol. The second-order valence-electron chi connectivity index (χ2n) is 7.23. The molecule has 2 aromatic heterocycles. The number of nitrogens with zero attached hydrogens (tertiary/aromatic N) is 4. The van der Waals surface area contributed by atoms with Crippen molar-refractivity contribution in [2.45, 2.75) is 25.3 Å². The SMILES string of the molecule is O=C1NCCCC[C@H]1Nc1nc2cccc(Br)c2c2nc(-c3cccc(F)c3)nn12. The Morgan fingerprint density at radius 3 is 2.90 bits per heavy atom. The number of carbonyl (C=O) groups is 1. The maximum Gasteiger partial charge on any atom is 0.242 e. The molecule has 0 spiro atoms. The van der Waals surface area contributed by atoms with E-state index in [-0.39, 0.29) is 11.7 Å². The number of anilines is 1. The second kappa shape index (κ2) is 7.64. The minimum absolute atomic E-state index is 0.0535. The zero-order chi connectivity index (χ0) is 20.7. The maximum absolute atomic E-state index is 13.8. The molecule has 0 aliphatic carbocycles. The lowest BCUT2D eigenvalue weighted by atomic mass is 10.1. The Morgan fingerprint density at radius 2 is 2.03 bits per heavy atom. The van der Waals surface area contributed by atoms with Gasteiger partial charge in [0.2, 0.25) is 11.9 Å². The summed E-state index contributed by atoms with van der Waals surface area (Å²) in [5.41, 5.74) is 1.85. The second-order valence-corrected chi connectivity index (χ2v) is 8.09. The molecular formula is C21H18BrFN6O. The van der Waals surface area contributed by atoms with Crippen molar-refractivity contribution in [3.63, 3.8) is 0 Å². The number of fused-ring (bicyclic) bond motifs is 3. The summed E-state index contributed by atoms with van der Waals surface area (Å²) in [6.45, 7) is 0.678. The summed E-state index contributed by atoms with van der Waals surface area (Å²) in [5.74, 6) is 0.395. The fourth-order valence-electron chi connectivity index (χ4n) is 3.69. The average Bonchev–Trinajstić information content (AvgIpc) is 3.08. The van der Waals surface area contributed by atoms with Gasteiger partial charge < -0.3 is 10.6 Å². The molecule has 2 N–H and O–H groups in total. The Balaban J connectivity index is 1.70. The van der Waals surface area contributed by atoms with Gasteiger partial charge in [-0.25, -0.2) is 14.4 Å². The Morgan fingerprint density at radius 1 is 1.17 bits per heavy atom. The van der Waals surface area contributed by atoms with Gasteiger partial charge in [0, 0.05) is 16.6 Å². The van der Waals surface area contributed by atoms with Crippen LogP contribution >= 0.6 is 15.9 Å². The van der Waals surface area contributed by atoms with Crippen LogP contribution in [0.5, 0.6) is 0 Å². The highest BCUT2D eigenvalue weighted by molar-refractivity contribution is 9.10. The summed E-state index contributed by atoms with van der Waals surface area (Å²) < 4.78 is 16.2. The van der Waals surface area contributed by atoms with Crippen molar-refractivity contribution in [2.24, 2.45) is 0 Å². The molecule has 1 atom stereocenters. The smallest absolute Gasteiger partial charge is 0.242 e. The van der Waals surface area contributed by atoms with E-state index in [4.69, 9.17) is 4.98 Å². The van der Waals surface area contributed by atoms with Crippen molar-refractivity contribution in [2.75, 3.05) is 11.9 Å². The van der Waals surface area contributed by atoms with E-state index in [1.165, 1.54) is 12.1 Å². The molecule has 0 bridgehead atoms. The molecule has 0 saturated carbocycles. The van der Waals surface area contributed by atoms with Gasteiger partial charge in [0.05, 0.1) is 10.9 Å². The summed E-state index contributed by atoms with van der Waals surface area (Å²) in [6.07, 6.45) is 2.59.